The van der Waals surface area contributed by atoms with E-state index in [4.69, 9.17) is 5.11 Å². The highest BCUT2D eigenvalue weighted by atomic mass is 19.1. The van der Waals surface area contributed by atoms with E-state index in [-0.39, 0.29) is 17.0 Å². The van der Waals surface area contributed by atoms with Crippen LogP contribution in [0.4, 0.5) is 8.78 Å². The van der Waals surface area contributed by atoms with E-state index in [2.05, 4.69) is 9.97 Å². The second-order valence-corrected chi connectivity index (χ2v) is 4.27. The van der Waals surface area contributed by atoms with E-state index >= 15 is 0 Å². The summed E-state index contributed by atoms with van der Waals surface area (Å²) >= 11 is 0. The van der Waals surface area contributed by atoms with E-state index in [9.17, 15) is 13.6 Å². The van der Waals surface area contributed by atoms with Crippen LogP contribution in [0.5, 0.6) is 0 Å². The summed E-state index contributed by atoms with van der Waals surface area (Å²) < 4.78 is 26.4. The number of carbonyl (C=O) groups is 1. The Hall–Kier alpha value is -2.37. The number of aromatic nitrogens is 2. The van der Waals surface area contributed by atoms with Crippen molar-refractivity contribution < 1.29 is 18.7 Å². The molecule has 0 fully saturated rings. The number of rotatable bonds is 4. The van der Waals surface area contributed by atoms with Crippen molar-refractivity contribution in [2.45, 2.75) is 19.8 Å². The van der Waals surface area contributed by atoms with E-state index in [0.29, 0.717) is 18.5 Å². The van der Waals surface area contributed by atoms with Gasteiger partial charge < -0.3 is 5.11 Å². The lowest BCUT2D eigenvalue weighted by atomic mass is 10.1. The predicted molar refractivity (Wildman–Crippen MR) is 68.3 cm³/mol. The standard InChI is InChI=1S/C14H12F2N2O2/c1-2-3-12-11(14(19)20)7-17-13(18-12)8-4-9(15)6-10(16)5-8/h4-7H,2-3H2,1H3,(H,19,20). The minimum absolute atomic E-state index is 0.00692. The van der Waals surface area contributed by atoms with Gasteiger partial charge in [-0.05, 0) is 18.6 Å². The van der Waals surface area contributed by atoms with E-state index in [0.717, 1.165) is 18.2 Å². The second kappa shape index (κ2) is 5.73. The molecule has 0 saturated heterocycles. The van der Waals surface area contributed by atoms with Crippen LogP contribution in [0.15, 0.2) is 24.4 Å². The molecule has 1 N–H and O–H groups in total. The van der Waals surface area contributed by atoms with Crippen molar-refractivity contribution >= 4 is 5.97 Å². The average Bonchev–Trinajstić information content (AvgIpc) is 2.37. The van der Waals surface area contributed by atoms with Crippen molar-refractivity contribution in [3.63, 3.8) is 0 Å². The van der Waals surface area contributed by atoms with Gasteiger partial charge in [-0.2, -0.15) is 0 Å². The molecule has 0 unspecified atom stereocenters. The predicted octanol–water partition coefficient (Wildman–Crippen LogP) is 3.07. The molecule has 0 bridgehead atoms. The molecule has 0 aliphatic carbocycles. The molecule has 1 aromatic heterocycles. The fourth-order valence-electron chi connectivity index (χ4n) is 1.85. The van der Waals surface area contributed by atoms with Crippen LogP contribution in [0, 0.1) is 11.6 Å². The third-order valence-electron chi connectivity index (χ3n) is 2.71. The van der Waals surface area contributed by atoms with Gasteiger partial charge >= 0.3 is 5.97 Å². The van der Waals surface area contributed by atoms with Gasteiger partial charge in [-0.3, -0.25) is 0 Å². The number of benzene rings is 1. The van der Waals surface area contributed by atoms with E-state index in [1.807, 2.05) is 6.92 Å². The zero-order chi connectivity index (χ0) is 14.7. The maximum atomic E-state index is 13.2. The molecule has 1 aromatic carbocycles. The van der Waals surface area contributed by atoms with Gasteiger partial charge in [-0.1, -0.05) is 13.3 Å². The molecule has 0 radical (unpaired) electrons. The van der Waals surface area contributed by atoms with Crippen molar-refractivity contribution in [1.29, 1.82) is 0 Å². The second-order valence-electron chi connectivity index (χ2n) is 4.27. The first kappa shape index (κ1) is 14.0. The Morgan fingerprint density at radius 3 is 2.45 bits per heavy atom. The lowest BCUT2D eigenvalue weighted by Crippen LogP contribution is -2.07. The lowest BCUT2D eigenvalue weighted by molar-refractivity contribution is 0.0694. The molecular weight excluding hydrogens is 266 g/mol. The lowest BCUT2D eigenvalue weighted by Gasteiger charge is -2.07. The molecule has 104 valence electrons. The van der Waals surface area contributed by atoms with E-state index < -0.39 is 17.6 Å². The van der Waals surface area contributed by atoms with Crippen molar-refractivity contribution in [2.75, 3.05) is 0 Å². The molecule has 2 rings (SSSR count). The minimum atomic E-state index is -1.12. The number of nitrogens with zero attached hydrogens (tertiary/aromatic N) is 2. The van der Waals surface area contributed by atoms with Crippen molar-refractivity contribution in [3.8, 4) is 11.4 Å². The molecule has 2 aromatic rings. The Bertz CT molecular complexity index is 639. The van der Waals surface area contributed by atoms with Gasteiger partial charge in [0.15, 0.2) is 5.82 Å². The zero-order valence-electron chi connectivity index (χ0n) is 10.7. The third-order valence-corrected chi connectivity index (χ3v) is 2.71. The van der Waals surface area contributed by atoms with Gasteiger partial charge in [-0.25, -0.2) is 23.5 Å². The first-order valence-electron chi connectivity index (χ1n) is 6.07. The molecule has 0 saturated carbocycles. The molecule has 1 heterocycles. The van der Waals surface area contributed by atoms with Crippen LogP contribution in [-0.2, 0) is 6.42 Å². The van der Waals surface area contributed by atoms with Crippen LogP contribution < -0.4 is 0 Å². The van der Waals surface area contributed by atoms with Gasteiger partial charge in [0.25, 0.3) is 0 Å². The number of carboxylic acid groups (broad SMARTS) is 1. The molecule has 20 heavy (non-hydrogen) atoms. The fourth-order valence-corrected chi connectivity index (χ4v) is 1.85. The summed E-state index contributed by atoms with van der Waals surface area (Å²) in [5.74, 6) is -2.48. The number of hydrogen-bond donors (Lipinski definition) is 1. The Kier molecular flexibility index (Phi) is 4.02. The molecule has 6 heteroatoms. The number of halogens is 2. The SMILES string of the molecule is CCCc1nc(-c2cc(F)cc(F)c2)ncc1C(=O)O. The van der Waals surface area contributed by atoms with E-state index in [1.54, 1.807) is 0 Å². The average molecular weight is 278 g/mol. The first-order chi connectivity index (χ1) is 9.51. The largest absolute Gasteiger partial charge is 0.478 e. The Morgan fingerprint density at radius 2 is 1.90 bits per heavy atom. The summed E-state index contributed by atoms with van der Waals surface area (Å²) in [4.78, 5) is 19.0. The van der Waals surface area contributed by atoms with Crippen LogP contribution >= 0.6 is 0 Å². The van der Waals surface area contributed by atoms with Crippen LogP contribution in [0.1, 0.15) is 29.4 Å². The molecule has 0 atom stereocenters. The van der Waals surface area contributed by atoms with Gasteiger partial charge in [0, 0.05) is 17.8 Å². The topological polar surface area (TPSA) is 63.1 Å². The maximum absolute atomic E-state index is 13.2. The number of carboxylic acids is 1. The summed E-state index contributed by atoms with van der Waals surface area (Å²) in [6, 6.07) is 2.96. The highest BCUT2D eigenvalue weighted by Gasteiger charge is 2.14. The van der Waals surface area contributed by atoms with Gasteiger partial charge in [-0.15, -0.1) is 0 Å². The monoisotopic (exact) mass is 278 g/mol. The van der Waals surface area contributed by atoms with Gasteiger partial charge in [0.2, 0.25) is 0 Å². The molecule has 0 aliphatic rings. The minimum Gasteiger partial charge on any atom is -0.478 e. The van der Waals surface area contributed by atoms with Gasteiger partial charge in [0.05, 0.1) is 11.3 Å². The number of hydrogen-bond acceptors (Lipinski definition) is 3. The molecular formula is C14H12F2N2O2. The molecule has 4 nitrogen and oxygen atoms in total. The molecule has 0 amide bonds. The highest BCUT2D eigenvalue weighted by Crippen LogP contribution is 2.20. The Balaban J connectivity index is 2.52. The normalized spacial score (nSPS) is 10.6. The van der Waals surface area contributed by atoms with Crippen molar-refractivity contribution in [1.82, 2.24) is 9.97 Å². The van der Waals surface area contributed by atoms with Crippen LogP contribution in [0.25, 0.3) is 11.4 Å². The zero-order valence-corrected chi connectivity index (χ0v) is 10.7. The van der Waals surface area contributed by atoms with Crippen LogP contribution in [0.2, 0.25) is 0 Å². The Labute approximate surface area is 114 Å². The smallest absolute Gasteiger partial charge is 0.339 e. The Morgan fingerprint density at radius 1 is 1.25 bits per heavy atom. The van der Waals surface area contributed by atoms with Crippen molar-refractivity contribution in [2.24, 2.45) is 0 Å². The quantitative estimate of drug-likeness (QED) is 0.933. The maximum Gasteiger partial charge on any atom is 0.339 e. The summed E-state index contributed by atoms with van der Waals surface area (Å²) in [6.45, 7) is 1.88. The third kappa shape index (κ3) is 2.96. The molecule has 0 aliphatic heterocycles. The van der Waals surface area contributed by atoms with Crippen LogP contribution in [0.3, 0.4) is 0 Å². The summed E-state index contributed by atoms with van der Waals surface area (Å²) in [6.07, 6.45) is 2.32. The van der Waals surface area contributed by atoms with Crippen molar-refractivity contribution in [3.05, 3.63) is 47.3 Å². The summed E-state index contributed by atoms with van der Waals surface area (Å²) in [5, 5.41) is 9.04. The van der Waals surface area contributed by atoms with Gasteiger partial charge in [0.1, 0.15) is 11.6 Å². The van der Waals surface area contributed by atoms with Crippen LogP contribution in [-0.4, -0.2) is 21.0 Å². The number of aromatic carboxylic acids is 1. The first-order valence-corrected chi connectivity index (χ1v) is 6.07. The molecule has 0 spiro atoms. The fraction of sp³-hybridized carbons (Fsp3) is 0.214. The van der Waals surface area contributed by atoms with E-state index in [1.165, 1.54) is 6.20 Å². The summed E-state index contributed by atoms with van der Waals surface area (Å²) in [5.41, 5.74) is 0.541. The summed E-state index contributed by atoms with van der Waals surface area (Å²) in [7, 11) is 0. The highest BCUT2D eigenvalue weighted by molar-refractivity contribution is 5.88. The number of aryl methyl sites for hydroxylation is 1.